The number of phenols is 1. The summed E-state index contributed by atoms with van der Waals surface area (Å²) in [5.74, 6) is -0.0939. The van der Waals surface area contributed by atoms with Gasteiger partial charge in [0.05, 0.1) is 11.4 Å². The van der Waals surface area contributed by atoms with Crippen LogP contribution in [0.15, 0.2) is 48.5 Å². The van der Waals surface area contributed by atoms with Crippen molar-refractivity contribution in [2.75, 3.05) is 10.5 Å². The second-order valence-corrected chi connectivity index (χ2v) is 6.52. The Bertz CT molecular complexity index is 682. The average molecular weight is 291 g/mol. The molecule has 2 N–H and O–H groups in total. The SMILES string of the molecule is Cc1ccc(O)c(NS(=O)(=O)CCc2ccccc2)c1. The first-order chi connectivity index (χ1) is 9.46. The van der Waals surface area contributed by atoms with Crippen LogP contribution in [-0.4, -0.2) is 19.3 Å². The molecule has 0 saturated carbocycles. The first-order valence-corrected chi connectivity index (χ1v) is 7.95. The zero-order valence-electron chi connectivity index (χ0n) is 11.2. The molecule has 2 rings (SSSR count). The lowest BCUT2D eigenvalue weighted by atomic mass is 10.2. The van der Waals surface area contributed by atoms with E-state index < -0.39 is 10.0 Å². The maximum absolute atomic E-state index is 12.0. The monoisotopic (exact) mass is 291 g/mol. The van der Waals surface area contributed by atoms with Crippen LogP contribution in [0.5, 0.6) is 5.75 Å². The van der Waals surface area contributed by atoms with E-state index >= 15 is 0 Å². The van der Waals surface area contributed by atoms with Gasteiger partial charge in [-0.2, -0.15) is 0 Å². The predicted octanol–water partition coefficient (Wildman–Crippen LogP) is 2.69. The number of aryl methyl sites for hydroxylation is 2. The van der Waals surface area contributed by atoms with Gasteiger partial charge in [-0.1, -0.05) is 36.4 Å². The van der Waals surface area contributed by atoms with Gasteiger partial charge < -0.3 is 5.11 Å². The van der Waals surface area contributed by atoms with Gasteiger partial charge in [0, 0.05) is 0 Å². The average Bonchev–Trinajstić information content (AvgIpc) is 2.42. The molecular formula is C15H17NO3S. The smallest absolute Gasteiger partial charge is 0.233 e. The lowest BCUT2D eigenvalue weighted by molar-refractivity contribution is 0.477. The van der Waals surface area contributed by atoms with Crippen LogP contribution in [0.2, 0.25) is 0 Å². The second kappa shape index (κ2) is 5.96. The maximum Gasteiger partial charge on any atom is 0.233 e. The highest BCUT2D eigenvalue weighted by molar-refractivity contribution is 7.92. The Labute approximate surface area is 119 Å². The number of benzene rings is 2. The molecule has 5 heteroatoms. The van der Waals surface area contributed by atoms with Crippen LogP contribution in [0.25, 0.3) is 0 Å². The molecule has 106 valence electrons. The van der Waals surface area contributed by atoms with Crippen molar-refractivity contribution in [1.29, 1.82) is 0 Å². The molecule has 0 unspecified atom stereocenters. The quantitative estimate of drug-likeness (QED) is 0.832. The molecule has 0 radical (unpaired) electrons. The lowest BCUT2D eigenvalue weighted by Gasteiger charge is -2.10. The number of anilines is 1. The number of hydrogen-bond donors (Lipinski definition) is 2. The fourth-order valence-electron chi connectivity index (χ4n) is 1.85. The summed E-state index contributed by atoms with van der Waals surface area (Å²) in [4.78, 5) is 0. The minimum Gasteiger partial charge on any atom is -0.506 e. The second-order valence-electron chi connectivity index (χ2n) is 4.68. The van der Waals surface area contributed by atoms with Crippen LogP contribution in [0.1, 0.15) is 11.1 Å². The van der Waals surface area contributed by atoms with Gasteiger partial charge in [-0.15, -0.1) is 0 Å². The molecule has 0 fully saturated rings. The topological polar surface area (TPSA) is 66.4 Å². The molecule has 0 amide bonds. The van der Waals surface area contributed by atoms with E-state index in [0.29, 0.717) is 6.42 Å². The fraction of sp³-hybridized carbons (Fsp3) is 0.200. The largest absolute Gasteiger partial charge is 0.506 e. The van der Waals surface area contributed by atoms with Crippen LogP contribution in [0.3, 0.4) is 0 Å². The van der Waals surface area contributed by atoms with Crippen LogP contribution in [-0.2, 0) is 16.4 Å². The van der Waals surface area contributed by atoms with Gasteiger partial charge in [0.2, 0.25) is 10.0 Å². The van der Waals surface area contributed by atoms with Gasteiger partial charge in [0.15, 0.2) is 0 Å². The third kappa shape index (κ3) is 3.99. The van der Waals surface area contributed by atoms with E-state index in [2.05, 4.69) is 4.72 Å². The number of rotatable bonds is 5. The minimum atomic E-state index is -3.48. The Morgan fingerprint density at radius 1 is 1.10 bits per heavy atom. The molecule has 0 heterocycles. The number of hydrogen-bond acceptors (Lipinski definition) is 3. The summed E-state index contributed by atoms with van der Waals surface area (Å²) < 4.78 is 26.4. The lowest BCUT2D eigenvalue weighted by Crippen LogP contribution is -2.18. The fourth-order valence-corrected chi connectivity index (χ4v) is 2.95. The highest BCUT2D eigenvalue weighted by Gasteiger charge is 2.13. The first-order valence-electron chi connectivity index (χ1n) is 6.30. The van der Waals surface area contributed by atoms with E-state index in [4.69, 9.17) is 0 Å². The van der Waals surface area contributed by atoms with Gasteiger partial charge in [0.1, 0.15) is 5.75 Å². The molecule has 0 spiro atoms. The van der Waals surface area contributed by atoms with Gasteiger partial charge in [-0.25, -0.2) is 8.42 Å². The number of aromatic hydroxyl groups is 1. The van der Waals surface area contributed by atoms with Gasteiger partial charge in [0.25, 0.3) is 0 Å². The van der Waals surface area contributed by atoms with E-state index in [1.165, 1.54) is 6.07 Å². The maximum atomic E-state index is 12.0. The van der Waals surface area contributed by atoms with Crippen molar-refractivity contribution in [2.24, 2.45) is 0 Å². The molecule has 0 aromatic heterocycles. The summed E-state index contributed by atoms with van der Waals surface area (Å²) in [6.45, 7) is 1.83. The molecule has 0 saturated heterocycles. The Balaban J connectivity index is 2.06. The number of sulfonamides is 1. The number of phenolic OH excluding ortho intramolecular Hbond substituents is 1. The molecule has 2 aromatic rings. The molecule has 0 atom stereocenters. The van der Waals surface area contributed by atoms with Crippen molar-refractivity contribution in [3.63, 3.8) is 0 Å². The van der Waals surface area contributed by atoms with Crippen LogP contribution >= 0.6 is 0 Å². The van der Waals surface area contributed by atoms with Crippen molar-refractivity contribution >= 4 is 15.7 Å². The van der Waals surface area contributed by atoms with Gasteiger partial charge in [-0.05, 0) is 36.6 Å². The molecule has 20 heavy (non-hydrogen) atoms. The summed E-state index contributed by atoms with van der Waals surface area (Å²) in [7, 11) is -3.48. The van der Waals surface area contributed by atoms with Crippen molar-refractivity contribution in [1.82, 2.24) is 0 Å². The highest BCUT2D eigenvalue weighted by atomic mass is 32.2. The van der Waals surface area contributed by atoms with Crippen LogP contribution in [0.4, 0.5) is 5.69 Å². The third-order valence-electron chi connectivity index (χ3n) is 2.92. The van der Waals surface area contributed by atoms with E-state index in [-0.39, 0.29) is 17.2 Å². The normalized spacial score (nSPS) is 11.2. The summed E-state index contributed by atoms with van der Waals surface area (Å²) >= 11 is 0. The molecule has 0 aliphatic carbocycles. The summed E-state index contributed by atoms with van der Waals surface area (Å²) in [5.41, 5.74) is 2.06. The third-order valence-corrected chi connectivity index (χ3v) is 4.19. The molecular weight excluding hydrogens is 274 g/mol. The van der Waals surface area contributed by atoms with E-state index in [9.17, 15) is 13.5 Å². The van der Waals surface area contributed by atoms with E-state index in [1.54, 1.807) is 12.1 Å². The standard InChI is InChI=1S/C15H17NO3S/c1-12-7-8-15(17)14(11-12)16-20(18,19)10-9-13-5-3-2-4-6-13/h2-8,11,16-17H,9-10H2,1H3. The van der Waals surface area contributed by atoms with Crippen molar-refractivity contribution in [3.05, 3.63) is 59.7 Å². The van der Waals surface area contributed by atoms with Crippen molar-refractivity contribution in [3.8, 4) is 5.75 Å². The Morgan fingerprint density at radius 3 is 2.50 bits per heavy atom. The van der Waals surface area contributed by atoms with E-state index in [1.807, 2.05) is 37.3 Å². The molecule has 0 bridgehead atoms. The first kappa shape index (κ1) is 14.4. The molecule has 2 aromatic carbocycles. The molecule has 4 nitrogen and oxygen atoms in total. The van der Waals surface area contributed by atoms with Gasteiger partial charge >= 0.3 is 0 Å². The summed E-state index contributed by atoms with van der Waals surface area (Å²) in [6.07, 6.45) is 0.433. The Kier molecular flexibility index (Phi) is 4.29. The van der Waals surface area contributed by atoms with Gasteiger partial charge in [-0.3, -0.25) is 4.72 Å². The zero-order valence-corrected chi connectivity index (χ0v) is 12.0. The number of nitrogens with one attached hydrogen (secondary N) is 1. The summed E-state index contributed by atoms with van der Waals surface area (Å²) in [6, 6.07) is 14.2. The molecule has 0 aliphatic heterocycles. The summed E-state index contributed by atoms with van der Waals surface area (Å²) in [5, 5.41) is 9.66. The Hall–Kier alpha value is -2.01. The Morgan fingerprint density at radius 2 is 1.80 bits per heavy atom. The van der Waals surface area contributed by atoms with E-state index in [0.717, 1.165) is 11.1 Å². The minimum absolute atomic E-state index is 0.0234. The van der Waals surface area contributed by atoms with Crippen LogP contribution < -0.4 is 4.72 Å². The van der Waals surface area contributed by atoms with Crippen molar-refractivity contribution < 1.29 is 13.5 Å². The van der Waals surface area contributed by atoms with Crippen LogP contribution in [0, 0.1) is 6.92 Å². The highest BCUT2D eigenvalue weighted by Crippen LogP contribution is 2.25. The molecule has 0 aliphatic rings. The van der Waals surface area contributed by atoms with Crippen molar-refractivity contribution in [2.45, 2.75) is 13.3 Å². The zero-order chi connectivity index (χ0) is 14.6. The predicted molar refractivity (Wildman–Crippen MR) is 80.4 cm³/mol.